The summed E-state index contributed by atoms with van der Waals surface area (Å²) in [6.45, 7) is 4.55. The lowest BCUT2D eigenvalue weighted by Crippen LogP contribution is -2.35. The summed E-state index contributed by atoms with van der Waals surface area (Å²) in [6, 6.07) is 0.463. The van der Waals surface area contributed by atoms with Crippen molar-refractivity contribution in [1.82, 2.24) is 10.3 Å². The second kappa shape index (κ2) is 5.10. The van der Waals surface area contributed by atoms with Crippen LogP contribution in [0, 0.1) is 13.8 Å². The topological polar surface area (TPSA) is 55.1 Å². The second-order valence-electron chi connectivity index (χ2n) is 4.25. The van der Waals surface area contributed by atoms with Crippen molar-refractivity contribution in [3.63, 3.8) is 0 Å². The smallest absolute Gasteiger partial charge is 0.208 e. The quantitative estimate of drug-likeness (QED) is 0.868. The molecule has 0 atom stereocenters. The molecule has 4 nitrogen and oxygen atoms in total. The summed E-state index contributed by atoms with van der Waals surface area (Å²) < 4.78 is 16.7. The van der Waals surface area contributed by atoms with E-state index in [0.29, 0.717) is 12.6 Å². The molecule has 2 rings (SSSR count). The molecule has 0 unspecified atom stereocenters. The number of hydrogen-bond donors (Lipinski definition) is 1. The first-order valence-electron chi connectivity index (χ1n) is 5.66. The highest BCUT2D eigenvalue weighted by Gasteiger charge is 2.17. The van der Waals surface area contributed by atoms with Gasteiger partial charge in [-0.15, -0.1) is 0 Å². The second-order valence-corrected chi connectivity index (χ2v) is 5.95. The van der Waals surface area contributed by atoms with Gasteiger partial charge in [0.2, 0.25) is 5.89 Å². The number of nitrogens with zero attached hydrogens (tertiary/aromatic N) is 1. The minimum Gasteiger partial charge on any atom is -0.444 e. The van der Waals surface area contributed by atoms with E-state index in [1.807, 2.05) is 13.8 Å². The number of aromatic nitrogens is 1. The monoisotopic (exact) mass is 242 g/mol. The lowest BCUT2D eigenvalue weighted by molar-refractivity contribution is 0.407. The Kier molecular flexibility index (Phi) is 3.76. The molecule has 0 radical (unpaired) electrons. The molecule has 16 heavy (non-hydrogen) atoms. The van der Waals surface area contributed by atoms with Gasteiger partial charge in [-0.25, -0.2) is 4.98 Å². The fourth-order valence-corrected chi connectivity index (χ4v) is 3.14. The van der Waals surface area contributed by atoms with Gasteiger partial charge in [0.1, 0.15) is 5.76 Å². The maximum atomic E-state index is 11.2. The maximum absolute atomic E-state index is 11.2. The van der Waals surface area contributed by atoms with Crippen LogP contribution < -0.4 is 5.32 Å². The van der Waals surface area contributed by atoms with E-state index in [1.54, 1.807) is 0 Å². The summed E-state index contributed by atoms with van der Waals surface area (Å²) in [5.41, 5.74) is 0.960. The first-order valence-corrected chi connectivity index (χ1v) is 7.15. The SMILES string of the molecule is Cc1nc(CNC2CCS(=O)CC2)oc1C. The van der Waals surface area contributed by atoms with E-state index in [2.05, 4.69) is 10.3 Å². The molecule has 1 aliphatic heterocycles. The third-order valence-electron chi connectivity index (χ3n) is 3.00. The van der Waals surface area contributed by atoms with E-state index in [-0.39, 0.29) is 0 Å². The van der Waals surface area contributed by atoms with Gasteiger partial charge in [0, 0.05) is 28.3 Å². The Balaban J connectivity index is 1.81. The van der Waals surface area contributed by atoms with Crippen LogP contribution in [0.3, 0.4) is 0 Å². The summed E-state index contributed by atoms with van der Waals surface area (Å²) >= 11 is 0. The van der Waals surface area contributed by atoms with Crippen LogP contribution in [0.1, 0.15) is 30.2 Å². The fourth-order valence-electron chi connectivity index (χ4n) is 1.84. The lowest BCUT2D eigenvalue weighted by Gasteiger charge is -2.21. The minimum atomic E-state index is -0.588. The van der Waals surface area contributed by atoms with E-state index in [4.69, 9.17) is 4.42 Å². The molecule has 1 aliphatic rings. The van der Waals surface area contributed by atoms with Gasteiger partial charge in [-0.3, -0.25) is 4.21 Å². The first-order chi connectivity index (χ1) is 7.65. The van der Waals surface area contributed by atoms with Crippen molar-refractivity contribution in [3.05, 3.63) is 17.3 Å². The lowest BCUT2D eigenvalue weighted by atomic mass is 10.1. The predicted octanol–water partition coefficient (Wildman–Crippen LogP) is 1.29. The molecule has 0 spiro atoms. The molecule has 5 heteroatoms. The van der Waals surface area contributed by atoms with Crippen LogP contribution in [0.15, 0.2) is 4.42 Å². The zero-order chi connectivity index (χ0) is 11.5. The number of aryl methyl sites for hydroxylation is 2. The Morgan fingerprint density at radius 2 is 2.12 bits per heavy atom. The molecule has 2 heterocycles. The highest BCUT2D eigenvalue weighted by atomic mass is 32.2. The van der Waals surface area contributed by atoms with E-state index in [9.17, 15) is 4.21 Å². The number of rotatable bonds is 3. The van der Waals surface area contributed by atoms with Gasteiger partial charge in [0.15, 0.2) is 0 Å². The highest BCUT2D eigenvalue weighted by Crippen LogP contribution is 2.11. The van der Waals surface area contributed by atoms with Crippen molar-refractivity contribution in [2.75, 3.05) is 11.5 Å². The van der Waals surface area contributed by atoms with Crippen molar-refractivity contribution in [2.24, 2.45) is 0 Å². The molecule has 1 N–H and O–H groups in total. The average Bonchev–Trinajstić information content (AvgIpc) is 2.58. The zero-order valence-electron chi connectivity index (χ0n) is 9.78. The summed E-state index contributed by atoms with van der Waals surface area (Å²) in [7, 11) is -0.588. The Morgan fingerprint density at radius 1 is 1.44 bits per heavy atom. The van der Waals surface area contributed by atoms with Gasteiger partial charge in [0.25, 0.3) is 0 Å². The van der Waals surface area contributed by atoms with Crippen LogP contribution in [0.4, 0.5) is 0 Å². The Hall–Kier alpha value is -0.680. The van der Waals surface area contributed by atoms with Gasteiger partial charge in [0.05, 0.1) is 12.2 Å². The molecule has 0 bridgehead atoms. The third-order valence-corrected chi connectivity index (χ3v) is 4.38. The molecule has 1 aromatic rings. The van der Waals surface area contributed by atoms with Crippen molar-refractivity contribution >= 4 is 10.8 Å². The van der Waals surface area contributed by atoms with E-state index in [0.717, 1.165) is 41.7 Å². The summed E-state index contributed by atoms with van der Waals surface area (Å²) in [5.74, 6) is 3.28. The number of hydrogen-bond acceptors (Lipinski definition) is 4. The Labute approximate surface area is 98.3 Å². The number of nitrogens with one attached hydrogen (secondary N) is 1. The Bertz CT molecular complexity index is 360. The normalized spacial score (nSPS) is 25.9. The summed E-state index contributed by atoms with van der Waals surface area (Å²) in [5, 5.41) is 3.41. The average molecular weight is 242 g/mol. The molecule has 90 valence electrons. The largest absolute Gasteiger partial charge is 0.444 e. The van der Waals surface area contributed by atoms with Crippen LogP contribution in [-0.2, 0) is 17.3 Å². The van der Waals surface area contributed by atoms with Crippen molar-refractivity contribution in [1.29, 1.82) is 0 Å². The van der Waals surface area contributed by atoms with E-state index in [1.165, 1.54) is 0 Å². The molecule has 0 saturated carbocycles. The Morgan fingerprint density at radius 3 is 2.69 bits per heavy atom. The highest BCUT2D eigenvalue weighted by molar-refractivity contribution is 7.85. The maximum Gasteiger partial charge on any atom is 0.208 e. The number of oxazole rings is 1. The van der Waals surface area contributed by atoms with Crippen LogP contribution in [0.5, 0.6) is 0 Å². The minimum absolute atomic E-state index is 0.463. The van der Waals surface area contributed by atoms with Crippen LogP contribution in [0.2, 0.25) is 0 Å². The molecular weight excluding hydrogens is 224 g/mol. The molecule has 0 amide bonds. The molecular formula is C11H18N2O2S. The summed E-state index contributed by atoms with van der Waals surface area (Å²) in [4.78, 5) is 4.32. The van der Waals surface area contributed by atoms with Crippen molar-refractivity contribution in [2.45, 2.75) is 39.3 Å². The van der Waals surface area contributed by atoms with Gasteiger partial charge >= 0.3 is 0 Å². The predicted molar refractivity (Wildman–Crippen MR) is 63.7 cm³/mol. The molecule has 1 fully saturated rings. The zero-order valence-corrected chi connectivity index (χ0v) is 10.6. The summed E-state index contributed by atoms with van der Waals surface area (Å²) in [6.07, 6.45) is 1.98. The van der Waals surface area contributed by atoms with Crippen LogP contribution in [0.25, 0.3) is 0 Å². The molecule has 1 saturated heterocycles. The third kappa shape index (κ3) is 2.92. The molecule has 1 aromatic heterocycles. The van der Waals surface area contributed by atoms with Gasteiger partial charge < -0.3 is 9.73 Å². The standard InChI is InChI=1S/C11H18N2O2S/c1-8-9(2)15-11(13-8)7-12-10-3-5-16(14)6-4-10/h10,12H,3-7H2,1-2H3. The molecule has 0 aliphatic carbocycles. The van der Waals surface area contributed by atoms with Crippen molar-refractivity contribution in [3.8, 4) is 0 Å². The van der Waals surface area contributed by atoms with Gasteiger partial charge in [-0.2, -0.15) is 0 Å². The fraction of sp³-hybridized carbons (Fsp3) is 0.727. The van der Waals surface area contributed by atoms with Crippen molar-refractivity contribution < 1.29 is 8.63 Å². The van der Waals surface area contributed by atoms with E-state index < -0.39 is 10.8 Å². The van der Waals surface area contributed by atoms with Gasteiger partial charge in [-0.05, 0) is 26.7 Å². The van der Waals surface area contributed by atoms with Crippen LogP contribution in [-0.4, -0.2) is 26.7 Å². The van der Waals surface area contributed by atoms with E-state index >= 15 is 0 Å². The van der Waals surface area contributed by atoms with Gasteiger partial charge in [-0.1, -0.05) is 0 Å². The first kappa shape index (κ1) is 11.8. The molecule has 0 aromatic carbocycles. The van der Waals surface area contributed by atoms with Crippen LogP contribution >= 0.6 is 0 Å².